The van der Waals surface area contributed by atoms with E-state index in [1.807, 2.05) is 16.9 Å². The predicted molar refractivity (Wildman–Crippen MR) is 86.4 cm³/mol. The average Bonchev–Trinajstić information content (AvgIpc) is 3.03. The van der Waals surface area contributed by atoms with E-state index in [9.17, 15) is 5.11 Å². The van der Waals surface area contributed by atoms with Crippen molar-refractivity contribution in [3.63, 3.8) is 0 Å². The molecule has 0 atom stereocenters. The number of hydrogen-bond donors (Lipinski definition) is 2. The first-order valence-electron chi connectivity index (χ1n) is 7.62. The molecule has 1 heterocycles. The average molecular weight is 287 g/mol. The third-order valence-electron chi connectivity index (χ3n) is 4.33. The molecule has 1 aromatic heterocycles. The first-order chi connectivity index (χ1) is 10.2. The number of benzene rings is 1. The van der Waals surface area contributed by atoms with E-state index in [0.717, 1.165) is 31.6 Å². The third kappa shape index (κ3) is 4.08. The van der Waals surface area contributed by atoms with Crippen LogP contribution in [0.25, 0.3) is 0 Å². The van der Waals surface area contributed by atoms with Crippen LogP contribution in [0.4, 0.5) is 5.69 Å². The maximum absolute atomic E-state index is 9.63. The molecular weight excluding hydrogens is 262 g/mol. The minimum atomic E-state index is -0.0298. The molecule has 2 aromatic rings. The van der Waals surface area contributed by atoms with Crippen LogP contribution in [0.3, 0.4) is 0 Å². The summed E-state index contributed by atoms with van der Waals surface area (Å²) in [7, 11) is 0. The Balaban J connectivity index is 2.01. The molecule has 0 aliphatic heterocycles. The fourth-order valence-corrected chi connectivity index (χ4v) is 2.43. The lowest BCUT2D eigenvalue weighted by atomic mass is 9.83. The minimum Gasteiger partial charge on any atom is -0.396 e. The SMILES string of the molecule is CCC(CC)(CO)CNc1cccc(Cn2cccn2)c1. The van der Waals surface area contributed by atoms with E-state index in [1.54, 1.807) is 6.20 Å². The highest BCUT2D eigenvalue weighted by Crippen LogP contribution is 2.26. The van der Waals surface area contributed by atoms with Crippen molar-refractivity contribution in [2.75, 3.05) is 18.5 Å². The fourth-order valence-electron chi connectivity index (χ4n) is 2.43. The molecule has 2 rings (SSSR count). The molecule has 0 amide bonds. The van der Waals surface area contributed by atoms with Crippen LogP contribution in [0.15, 0.2) is 42.7 Å². The van der Waals surface area contributed by atoms with E-state index < -0.39 is 0 Å². The molecular formula is C17H25N3O. The number of anilines is 1. The van der Waals surface area contributed by atoms with Gasteiger partial charge in [0.2, 0.25) is 0 Å². The number of nitrogens with zero attached hydrogens (tertiary/aromatic N) is 2. The summed E-state index contributed by atoms with van der Waals surface area (Å²) >= 11 is 0. The van der Waals surface area contributed by atoms with Crippen molar-refractivity contribution in [2.24, 2.45) is 5.41 Å². The zero-order chi connectivity index (χ0) is 15.1. The molecule has 0 fully saturated rings. The van der Waals surface area contributed by atoms with Crippen molar-refractivity contribution in [3.05, 3.63) is 48.3 Å². The highest BCUT2D eigenvalue weighted by Gasteiger charge is 2.24. The Morgan fingerprint density at radius 1 is 1.24 bits per heavy atom. The lowest BCUT2D eigenvalue weighted by Gasteiger charge is -2.30. The number of hydrogen-bond acceptors (Lipinski definition) is 3. The molecule has 0 radical (unpaired) electrons. The fraction of sp³-hybridized carbons (Fsp3) is 0.471. The van der Waals surface area contributed by atoms with Crippen LogP contribution in [0.2, 0.25) is 0 Å². The maximum Gasteiger partial charge on any atom is 0.0660 e. The smallest absolute Gasteiger partial charge is 0.0660 e. The molecule has 1 aromatic carbocycles. The van der Waals surface area contributed by atoms with Gasteiger partial charge in [-0.05, 0) is 36.6 Å². The standard InChI is InChI=1S/C17H25N3O/c1-3-17(4-2,14-21)13-18-16-8-5-7-15(11-16)12-20-10-6-9-19-20/h5-11,18,21H,3-4,12-14H2,1-2H3. The van der Waals surface area contributed by atoms with E-state index >= 15 is 0 Å². The molecule has 0 aliphatic rings. The van der Waals surface area contributed by atoms with Crippen LogP contribution < -0.4 is 5.32 Å². The molecule has 2 N–H and O–H groups in total. The van der Waals surface area contributed by atoms with E-state index in [2.05, 4.69) is 48.5 Å². The van der Waals surface area contributed by atoms with Crippen molar-refractivity contribution >= 4 is 5.69 Å². The summed E-state index contributed by atoms with van der Waals surface area (Å²) in [6, 6.07) is 10.3. The zero-order valence-electron chi connectivity index (χ0n) is 12.9. The summed E-state index contributed by atoms with van der Waals surface area (Å²) in [6.45, 7) is 6.06. The Morgan fingerprint density at radius 3 is 2.67 bits per heavy atom. The number of aliphatic hydroxyl groups is 1. The van der Waals surface area contributed by atoms with Crippen molar-refractivity contribution in [3.8, 4) is 0 Å². The second kappa shape index (κ2) is 7.27. The molecule has 0 saturated heterocycles. The summed E-state index contributed by atoms with van der Waals surface area (Å²) in [5.74, 6) is 0. The Morgan fingerprint density at radius 2 is 2.05 bits per heavy atom. The van der Waals surface area contributed by atoms with Gasteiger partial charge >= 0.3 is 0 Å². The highest BCUT2D eigenvalue weighted by atomic mass is 16.3. The molecule has 21 heavy (non-hydrogen) atoms. The van der Waals surface area contributed by atoms with Crippen LogP contribution >= 0.6 is 0 Å². The van der Waals surface area contributed by atoms with E-state index in [-0.39, 0.29) is 12.0 Å². The highest BCUT2D eigenvalue weighted by molar-refractivity contribution is 5.46. The number of nitrogens with one attached hydrogen (secondary N) is 1. The molecule has 4 heteroatoms. The monoisotopic (exact) mass is 287 g/mol. The Hall–Kier alpha value is -1.81. The van der Waals surface area contributed by atoms with E-state index in [4.69, 9.17) is 0 Å². The molecule has 0 bridgehead atoms. The van der Waals surface area contributed by atoms with Gasteiger partial charge in [0.05, 0.1) is 13.2 Å². The van der Waals surface area contributed by atoms with Gasteiger partial charge in [0.25, 0.3) is 0 Å². The zero-order valence-corrected chi connectivity index (χ0v) is 12.9. The van der Waals surface area contributed by atoms with Gasteiger partial charge < -0.3 is 10.4 Å². The van der Waals surface area contributed by atoms with Crippen molar-refractivity contribution in [1.29, 1.82) is 0 Å². The molecule has 0 unspecified atom stereocenters. The van der Waals surface area contributed by atoms with E-state index in [0.29, 0.717) is 0 Å². The third-order valence-corrected chi connectivity index (χ3v) is 4.33. The number of aliphatic hydroxyl groups excluding tert-OH is 1. The molecule has 0 spiro atoms. The molecule has 0 aliphatic carbocycles. The van der Waals surface area contributed by atoms with E-state index in [1.165, 1.54) is 5.56 Å². The molecule has 0 saturated carbocycles. The normalized spacial score (nSPS) is 11.6. The number of aromatic nitrogens is 2. The summed E-state index contributed by atoms with van der Waals surface area (Å²) in [5.41, 5.74) is 2.28. The Bertz CT molecular complexity index is 524. The van der Waals surface area contributed by atoms with Gasteiger partial charge in [0, 0.05) is 30.0 Å². The van der Waals surface area contributed by atoms with Crippen LogP contribution in [-0.4, -0.2) is 28.0 Å². The first kappa shape index (κ1) is 15.6. The van der Waals surface area contributed by atoms with Gasteiger partial charge in [-0.2, -0.15) is 5.10 Å². The van der Waals surface area contributed by atoms with Crippen molar-refractivity contribution < 1.29 is 5.11 Å². The Labute approximate surface area is 126 Å². The Kier molecular flexibility index (Phi) is 5.39. The topological polar surface area (TPSA) is 50.1 Å². The van der Waals surface area contributed by atoms with Crippen molar-refractivity contribution in [1.82, 2.24) is 9.78 Å². The van der Waals surface area contributed by atoms with Crippen molar-refractivity contribution in [2.45, 2.75) is 33.2 Å². The lowest BCUT2D eigenvalue weighted by Crippen LogP contribution is -2.32. The maximum atomic E-state index is 9.63. The molecule has 114 valence electrons. The second-order valence-corrected chi connectivity index (χ2v) is 5.62. The predicted octanol–water partition coefficient (Wildman–Crippen LogP) is 3.14. The second-order valence-electron chi connectivity index (χ2n) is 5.62. The van der Waals surface area contributed by atoms with Crippen LogP contribution in [0.1, 0.15) is 32.3 Å². The van der Waals surface area contributed by atoms with Gasteiger partial charge in [-0.3, -0.25) is 4.68 Å². The first-order valence-corrected chi connectivity index (χ1v) is 7.62. The van der Waals surface area contributed by atoms with Gasteiger partial charge in [0.15, 0.2) is 0 Å². The summed E-state index contributed by atoms with van der Waals surface area (Å²) in [6.07, 6.45) is 5.70. The molecule has 4 nitrogen and oxygen atoms in total. The summed E-state index contributed by atoms with van der Waals surface area (Å²) in [5, 5.41) is 17.3. The van der Waals surface area contributed by atoms with Gasteiger partial charge in [0.1, 0.15) is 0 Å². The quantitative estimate of drug-likeness (QED) is 0.784. The van der Waals surface area contributed by atoms with Crippen LogP contribution in [0, 0.1) is 5.41 Å². The summed E-state index contributed by atoms with van der Waals surface area (Å²) < 4.78 is 1.91. The van der Waals surface area contributed by atoms with Gasteiger partial charge in [-0.1, -0.05) is 26.0 Å². The van der Waals surface area contributed by atoms with Crippen LogP contribution in [-0.2, 0) is 6.54 Å². The summed E-state index contributed by atoms with van der Waals surface area (Å²) in [4.78, 5) is 0. The van der Waals surface area contributed by atoms with Gasteiger partial charge in [-0.25, -0.2) is 0 Å². The van der Waals surface area contributed by atoms with Crippen LogP contribution in [0.5, 0.6) is 0 Å². The largest absolute Gasteiger partial charge is 0.396 e. The number of rotatable bonds is 8. The minimum absolute atomic E-state index is 0.0298. The lowest BCUT2D eigenvalue weighted by molar-refractivity contribution is 0.127. The van der Waals surface area contributed by atoms with Gasteiger partial charge in [-0.15, -0.1) is 0 Å².